The van der Waals surface area contributed by atoms with Gasteiger partial charge in [0, 0.05) is 44.1 Å². The van der Waals surface area contributed by atoms with Crippen LogP contribution in [0.15, 0.2) is 55.4 Å². The predicted octanol–water partition coefficient (Wildman–Crippen LogP) is 4.95. The number of nitrogens with one attached hydrogen (secondary N) is 2. The number of fused-ring (bicyclic) bond motifs is 1. The van der Waals surface area contributed by atoms with E-state index in [1.807, 2.05) is 4.90 Å². The van der Waals surface area contributed by atoms with E-state index >= 15 is 0 Å². The molecule has 5 rings (SSSR count). The van der Waals surface area contributed by atoms with Crippen molar-refractivity contribution in [3.63, 3.8) is 0 Å². The van der Waals surface area contributed by atoms with Gasteiger partial charge in [0.15, 0.2) is 0 Å². The zero-order chi connectivity index (χ0) is 27.1. The number of anilines is 1. The van der Waals surface area contributed by atoms with Crippen molar-refractivity contribution in [3.05, 3.63) is 66.5 Å². The summed E-state index contributed by atoms with van der Waals surface area (Å²) in [7, 11) is 0. The zero-order valence-electron chi connectivity index (χ0n) is 22.8. The highest BCUT2D eigenvalue weighted by atomic mass is 16.2. The summed E-state index contributed by atoms with van der Waals surface area (Å²) < 4.78 is 2.18. The minimum Gasteiger partial charge on any atom is -0.339 e. The molecule has 2 aliphatic rings. The van der Waals surface area contributed by atoms with E-state index in [-0.39, 0.29) is 28.7 Å². The van der Waals surface area contributed by atoms with E-state index in [0.29, 0.717) is 17.6 Å². The van der Waals surface area contributed by atoms with Crippen molar-refractivity contribution in [2.75, 3.05) is 18.4 Å². The van der Waals surface area contributed by atoms with Gasteiger partial charge in [-0.2, -0.15) is 0 Å². The Morgan fingerprint density at radius 2 is 2.05 bits per heavy atom. The van der Waals surface area contributed by atoms with Gasteiger partial charge in [-0.15, -0.1) is 0 Å². The van der Waals surface area contributed by atoms with Crippen LogP contribution in [-0.4, -0.2) is 50.4 Å². The maximum atomic E-state index is 13.0. The van der Waals surface area contributed by atoms with Gasteiger partial charge in [0.05, 0.1) is 16.6 Å². The molecule has 2 N–H and O–H groups in total. The summed E-state index contributed by atoms with van der Waals surface area (Å²) in [4.78, 5) is 36.1. The normalized spacial score (nSPS) is 21.9. The number of rotatable bonds is 7. The standard InChI is InChI=1S/C30H38N6O2/c1-6-26(37)35-13-11-30(19-35)15-23(16-30)36-25-10-9-21(17-32-20(2)29(3,4)5)14-24(25)33-28(36)34-27(38)22-8-7-12-31-18-22/h6-10,12,14,18,20,23,32H,1,11,13,15-17,19H2,2-5H3,(H,33,34,38)/t20-,23-,30-/m0/s1. The number of amides is 2. The quantitative estimate of drug-likeness (QED) is 0.436. The van der Waals surface area contributed by atoms with Crippen LogP contribution in [0.25, 0.3) is 11.0 Å². The number of hydrogen-bond donors (Lipinski definition) is 2. The van der Waals surface area contributed by atoms with Gasteiger partial charge in [-0.3, -0.25) is 19.9 Å². The smallest absolute Gasteiger partial charge is 0.259 e. The molecular weight excluding hydrogens is 476 g/mol. The van der Waals surface area contributed by atoms with Crippen LogP contribution < -0.4 is 10.6 Å². The van der Waals surface area contributed by atoms with Gasteiger partial charge in [-0.1, -0.05) is 33.4 Å². The molecule has 1 aromatic carbocycles. The molecule has 1 saturated heterocycles. The fourth-order valence-corrected chi connectivity index (χ4v) is 5.67. The Morgan fingerprint density at radius 1 is 1.26 bits per heavy atom. The van der Waals surface area contributed by atoms with Crippen molar-refractivity contribution < 1.29 is 9.59 Å². The Morgan fingerprint density at radius 3 is 2.74 bits per heavy atom. The lowest BCUT2D eigenvalue weighted by Gasteiger charge is -2.46. The third-order valence-corrected chi connectivity index (χ3v) is 8.44. The predicted molar refractivity (Wildman–Crippen MR) is 150 cm³/mol. The number of imidazole rings is 1. The van der Waals surface area contributed by atoms with Crippen molar-refractivity contribution in [1.29, 1.82) is 0 Å². The van der Waals surface area contributed by atoms with Crippen LogP contribution in [0.3, 0.4) is 0 Å². The topological polar surface area (TPSA) is 92.2 Å². The summed E-state index contributed by atoms with van der Waals surface area (Å²) in [6.45, 7) is 14.8. The summed E-state index contributed by atoms with van der Waals surface area (Å²) >= 11 is 0. The monoisotopic (exact) mass is 514 g/mol. The Labute approximate surface area is 224 Å². The minimum atomic E-state index is -0.229. The van der Waals surface area contributed by atoms with Crippen LogP contribution in [0.5, 0.6) is 0 Å². The average molecular weight is 515 g/mol. The molecule has 0 bridgehead atoms. The number of carbonyl (C=O) groups is 2. The highest BCUT2D eigenvalue weighted by Crippen LogP contribution is 2.55. The number of hydrogen-bond acceptors (Lipinski definition) is 5. The van der Waals surface area contributed by atoms with E-state index < -0.39 is 0 Å². The molecule has 1 spiro atoms. The van der Waals surface area contributed by atoms with Crippen LogP contribution >= 0.6 is 0 Å². The van der Waals surface area contributed by atoms with E-state index in [1.165, 1.54) is 6.08 Å². The molecule has 1 aliphatic carbocycles. The molecule has 38 heavy (non-hydrogen) atoms. The summed E-state index contributed by atoms with van der Waals surface area (Å²) in [6.07, 6.45) is 7.50. The third-order valence-electron chi connectivity index (χ3n) is 8.44. The molecule has 3 aromatic rings. The van der Waals surface area contributed by atoms with Gasteiger partial charge >= 0.3 is 0 Å². The average Bonchev–Trinajstić information content (AvgIpc) is 3.47. The van der Waals surface area contributed by atoms with Crippen molar-refractivity contribution >= 4 is 28.8 Å². The summed E-state index contributed by atoms with van der Waals surface area (Å²) in [5.74, 6) is 0.330. The van der Waals surface area contributed by atoms with Gasteiger partial charge in [-0.25, -0.2) is 4.98 Å². The SMILES string of the molecule is C=CC(=O)N1CC[C@]2(C1)C[C@H](n1c(NC(=O)c3cccnc3)nc3cc(CN[C@@H](C)C(C)(C)C)ccc31)C2. The molecule has 2 aromatic heterocycles. The van der Waals surface area contributed by atoms with Gasteiger partial charge < -0.3 is 14.8 Å². The van der Waals surface area contributed by atoms with Gasteiger partial charge in [-0.05, 0) is 72.9 Å². The molecule has 8 nitrogen and oxygen atoms in total. The lowest BCUT2D eigenvalue weighted by atomic mass is 9.64. The van der Waals surface area contributed by atoms with Crippen molar-refractivity contribution in [1.82, 2.24) is 24.8 Å². The largest absolute Gasteiger partial charge is 0.339 e. The summed E-state index contributed by atoms with van der Waals surface area (Å²) in [5, 5.41) is 6.67. The molecular formula is C30H38N6O2. The van der Waals surface area contributed by atoms with E-state index in [0.717, 1.165) is 55.5 Å². The van der Waals surface area contributed by atoms with E-state index in [4.69, 9.17) is 4.98 Å². The molecule has 1 atom stereocenters. The molecule has 3 heterocycles. The van der Waals surface area contributed by atoms with Crippen LogP contribution in [0.1, 0.15) is 68.9 Å². The second-order valence-corrected chi connectivity index (χ2v) is 12.1. The Balaban J connectivity index is 1.41. The van der Waals surface area contributed by atoms with Gasteiger partial charge in [0.2, 0.25) is 11.9 Å². The van der Waals surface area contributed by atoms with Crippen molar-refractivity contribution in [3.8, 4) is 0 Å². The maximum Gasteiger partial charge on any atom is 0.259 e. The highest BCUT2D eigenvalue weighted by molar-refractivity contribution is 6.04. The zero-order valence-corrected chi connectivity index (χ0v) is 22.8. The van der Waals surface area contributed by atoms with E-state index in [2.05, 4.69) is 72.7 Å². The minimum absolute atomic E-state index is 0.00439. The first kappa shape index (κ1) is 26.1. The van der Waals surface area contributed by atoms with Crippen molar-refractivity contribution in [2.24, 2.45) is 10.8 Å². The first-order valence-corrected chi connectivity index (χ1v) is 13.5. The molecule has 200 valence electrons. The van der Waals surface area contributed by atoms with E-state index in [1.54, 1.807) is 24.5 Å². The van der Waals surface area contributed by atoms with Crippen LogP contribution in [0, 0.1) is 10.8 Å². The first-order valence-electron chi connectivity index (χ1n) is 13.5. The Bertz CT molecular complexity index is 1350. The lowest BCUT2D eigenvalue weighted by molar-refractivity contribution is -0.125. The first-order chi connectivity index (χ1) is 18.1. The number of benzene rings is 1. The fourth-order valence-electron chi connectivity index (χ4n) is 5.67. The number of carbonyl (C=O) groups excluding carboxylic acids is 2. The van der Waals surface area contributed by atoms with Crippen LogP contribution in [0.4, 0.5) is 5.95 Å². The fraction of sp³-hybridized carbons (Fsp3) is 0.467. The number of nitrogens with zero attached hydrogens (tertiary/aromatic N) is 4. The molecule has 2 amide bonds. The van der Waals surface area contributed by atoms with Crippen LogP contribution in [0.2, 0.25) is 0 Å². The second-order valence-electron chi connectivity index (χ2n) is 12.1. The molecule has 0 radical (unpaired) electrons. The maximum absolute atomic E-state index is 13.0. The highest BCUT2D eigenvalue weighted by Gasteiger charge is 2.50. The summed E-state index contributed by atoms with van der Waals surface area (Å²) in [5.41, 5.74) is 3.81. The molecule has 2 fully saturated rings. The Kier molecular flexibility index (Phi) is 6.86. The van der Waals surface area contributed by atoms with Gasteiger partial charge in [0.1, 0.15) is 0 Å². The molecule has 1 aliphatic heterocycles. The van der Waals surface area contributed by atoms with E-state index in [9.17, 15) is 9.59 Å². The summed E-state index contributed by atoms with van der Waals surface area (Å²) in [6, 6.07) is 10.4. The molecule has 0 unspecified atom stereocenters. The molecule has 8 heteroatoms. The number of aromatic nitrogens is 3. The van der Waals surface area contributed by atoms with Crippen molar-refractivity contribution in [2.45, 2.75) is 65.6 Å². The van der Waals surface area contributed by atoms with Gasteiger partial charge in [0.25, 0.3) is 5.91 Å². The third kappa shape index (κ3) is 5.10. The number of pyridine rings is 1. The molecule has 1 saturated carbocycles. The van der Waals surface area contributed by atoms with Crippen LogP contribution in [-0.2, 0) is 11.3 Å². The Hall–Kier alpha value is -3.52. The second kappa shape index (κ2) is 9.98. The number of likely N-dealkylation sites (tertiary alicyclic amines) is 1. The lowest BCUT2D eigenvalue weighted by Crippen LogP contribution is -2.42.